The number of anilines is 1. The van der Waals surface area contributed by atoms with Crippen molar-refractivity contribution in [3.8, 4) is 11.8 Å². The van der Waals surface area contributed by atoms with Gasteiger partial charge in [-0.3, -0.25) is 4.79 Å². The van der Waals surface area contributed by atoms with Crippen molar-refractivity contribution in [2.45, 2.75) is 65.4 Å². The average Bonchev–Trinajstić information content (AvgIpc) is 2.60. The number of nitrogens with zero attached hydrogens (tertiary/aromatic N) is 1. The molecule has 0 aliphatic rings. The number of carbonyl (C=O) groups excluding carboxylic acids is 1. The van der Waals surface area contributed by atoms with Gasteiger partial charge in [0.25, 0.3) is 5.91 Å². The molecule has 0 heterocycles. The van der Waals surface area contributed by atoms with E-state index >= 15 is 0 Å². The summed E-state index contributed by atoms with van der Waals surface area (Å²) in [5.74, 6) is 0.356. The molecule has 0 unspecified atom stereocenters. The van der Waals surface area contributed by atoms with Gasteiger partial charge >= 0.3 is 0 Å². The van der Waals surface area contributed by atoms with E-state index in [0.29, 0.717) is 36.6 Å². The van der Waals surface area contributed by atoms with Crippen LogP contribution in [0.15, 0.2) is 18.2 Å². The Labute approximate surface area is 151 Å². The van der Waals surface area contributed by atoms with Gasteiger partial charge in [0.15, 0.2) is 0 Å². The maximum Gasteiger partial charge on any atom is 0.256 e. The van der Waals surface area contributed by atoms with Gasteiger partial charge in [-0.25, -0.2) is 0 Å². The molecule has 1 atom stereocenters. The van der Waals surface area contributed by atoms with Gasteiger partial charge in [-0.05, 0) is 44.9 Å². The van der Waals surface area contributed by atoms with Crippen LogP contribution in [0.2, 0.25) is 0 Å². The van der Waals surface area contributed by atoms with Crippen LogP contribution < -0.4 is 10.1 Å². The molecule has 1 amide bonds. The molecule has 0 aromatic heterocycles. The molecular formula is C20H30N2O3. The highest BCUT2D eigenvalue weighted by Crippen LogP contribution is 2.25. The van der Waals surface area contributed by atoms with E-state index in [1.165, 1.54) is 0 Å². The molecule has 0 aliphatic heterocycles. The van der Waals surface area contributed by atoms with E-state index in [0.717, 1.165) is 25.7 Å². The van der Waals surface area contributed by atoms with Crippen molar-refractivity contribution in [2.24, 2.45) is 0 Å². The fourth-order valence-corrected chi connectivity index (χ4v) is 2.58. The summed E-state index contributed by atoms with van der Waals surface area (Å²) in [6, 6.07) is 7.23. The first-order valence-corrected chi connectivity index (χ1v) is 9.13. The molecule has 0 saturated carbocycles. The predicted molar refractivity (Wildman–Crippen MR) is 99.7 cm³/mol. The molecule has 0 aliphatic carbocycles. The van der Waals surface area contributed by atoms with Crippen molar-refractivity contribution in [1.82, 2.24) is 0 Å². The van der Waals surface area contributed by atoms with Crippen LogP contribution in [0.1, 0.15) is 65.4 Å². The second-order valence-corrected chi connectivity index (χ2v) is 6.25. The Bertz CT molecular complexity index is 595. The zero-order valence-electron chi connectivity index (χ0n) is 15.9. The topological polar surface area (TPSA) is 71.3 Å². The summed E-state index contributed by atoms with van der Waals surface area (Å²) in [5.41, 5.74) is 0.121. The Morgan fingerprint density at radius 3 is 2.60 bits per heavy atom. The average molecular weight is 346 g/mol. The van der Waals surface area contributed by atoms with Crippen LogP contribution in [0.4, 0.5) is 5.69 Å². The molecule has 0 radical (unpaired) electrons. The van der Waals surface area contributed by atoms with E-state index in [2.05, 4.69) is 18.3 Å². The number of amides is 1. The Morgan fingerprint density at radius 1 is 1.24 bits per heavy atom. The van der Waals surface area contributed by atoms with Crippen molar-refractivity contribution >= 4 is 11.6 Å². The first kappa shape index (κ1) is 21.0. The third-order valence-corrected chi connectivity index (χ3v) is 4.02. The van der Waals surface area contributed by atoms with Crippen molar-refractivity contribution in [1.29, 1.82) is 5.26 Å². The second-order valence-electron chi connectivity index (χ2n) is 6.25. The van der Waals surface area contributed by atoms with Gasteiger partial charge in [-0.15, -0.1) is 0 Å². The largest absolute Gasteiger partial charge is 0.492 e. The van der Waals surface area contributed by atoms with Gasteiger partial charge in [0, 0.05) is 12.3 Å². The van der Waals surface area contributed by atoms with Gasteiger partial charge in [0.1, 0.15) is 17.4 Å². The van der Waals surface area contributed by atoms with Crippen LogP contribution in [-0.2, 0) is 9.53 Å². The lowest BCUT2D eigenvalue weighted by Crippen LogP contribution is -2.42. The summed E-state index contributed by atoms with van der Waals surface area (Å²) >= 11 is 0. The normalized spacial score (nSPS) is 12.9. The lowest BCUT2D eigenvalue weighted by molar-refractivity contribution is -0.139. The number of benzene rings is 1. The van der Waals surface area contributed by atoms with Crippen LogP contribution in [0.25, 0.3) is 0 Å². The molecule has 1 N–H and O–H groups in total. The van der Waals surface area contributed by atoms with Gasteiger partial charge in [0.05, 0.1) is 12.2 Å². The van der Waals surface area contributed by atoms with Crippen molar-refractivity contribution in [3.63, 3.8) is 0 Å². The zero-order valence-corrected chi connectivity index (χ0v) is 15.9. The van der Waals surface area contributed by atoms with E-state index < -0.39 is 5.60 Å². The van der Waals surface area contributed by atoms with Crippen molar-refractivity contribution in [3.05, 3.63) is 23.8 Å². The summed E-state index contributed by atoms with van der Waals surface area (Å²) < 4.78 is 11.3. The summed E-state index contributed by atoms with van der Waals surface area (Å²) in [4.78, 5) is 12.7. The minimum absolute atomic E-state index is 0.184. The van der Waals surface area contributed by atoms with Gasteiger partial charge < -0.3 is 14.8 Å². The number of ether oxygens (including phenoxy) is 2. The molecule has 0 spiro atoms. The number of unbranched alkanes of at least 4 members (excludes halogenated alkanes) is 2. The van der Waals surface area contributed by atoms with E-state index in [4.69, 9.17) is 9.47 Å². The second kappa shape index (κ2) is 10.7. The molecule has 25 heavy (non-hydrogen) atoms. The summed E-state index contributed by atoms with van der Waals surface area (Å²) in [7, 11) is 0. The smallest absolute Gasteiger partial charge is 0.256 e. The highest BCUT2D eigenvalue weighted by Gasteiger charge is 2.33. The maximum atomic E-state index is 12.7. The maximum absolute atomic E-state index is 12.7. The molecule has 5 nitrogen and oxygen atoms in total. The van der Waals surface area contributed by atoms with Crippen molar-refractivity contribution in [2.75, 3.05) is 18.5 Å². The molecule has 138 valence electrons. The van der Waals surface area contributed by atoms with E-state index in [9.17, 15) is 10.1 Å². The quantitative estimate of drug-likeness (QED) is 0.591. The molecule has 0 fully saturated rings. The number of hydrogen-bond acceptors (Lipinski definition) is 4. The van der Waals surface area contributed by atoms with E-state index in [1.54, 1.807) is 18.2 Å². The number of rotatable bonds is 11. The predicted octanol–water partition coefficient (Wildman–Crippen LogP) is 4.66. The number of hydrogen-bond donors (Lipinski definition) is 1. The van der Waals surface area contributed by atoms with Crippen LogP contribution >= 0.6 is 0 Å². The number of nitriles is 1. The molecule has 1 aromatic rings. The monoisotopic (exact) mass is 346 g/mol. The Balaban J connectivity index is 2.87. The Morgan fingerprint density at radius 2 is 2.00 bits per heavy atom. The highest BCUT2D eigenvalue weighted by molar-refractivity contribution is 5.97. The first-order valence-electron chi connectivity index (χ1n) is 9.13. The zero-order chi connectivity index (χ0) is 18.7. The lowest BCUT2D eigenvalue weighted by Gasteiger charge is -2.28. The molecule has 1 rings (SSSR count). The fraction of sp³-hybridized carbons (Fsp3) is 0.600. The third-order valence-electron chi connectivity index (χ3n) is 4.02. The standard InChI is InChI=1S/C20H30N2O3/c1-5-8-9-12-20(4,25-7-3)19(23)22-17-10-11-18(24-13-6-2)16(14-17)15-21/h10-11,14H,5-9,12-13H2,1-4H3,(H,22,23)/t20-/m1/s1. The summed E-state index contributed by atoms with van der Waals surface area (Å²) in [6.07, 6.45) is 4.64. The first-order chi connectivity index (χ1) is 12.0. The molecule has 5 heteroatoms. The lowest BCUT2D eigenvalue weighted by atomic mass is 9.96. The van der Waals surface area contributed by atoms with Crippen LogP contribution in [0.3, 0.4) is 0 Å². The van der Waals surface area contributed by atoms with Crippen molar-refractivity contribution < 1.29 is 14.3 Å². The highest BCUT2D eigenvalue weighted by atomic mass is 16.5. The Kier molecular flexibility index (Phi) is 9.01. The summed E-state index contributed by atoms with van der Waals surface area (Å²) in [5, 5.41) is 12.2. The van der Waals surface area contributed by atoms with Gasteiger partial charge in [-0.1, -0.05) is 33.1 Å². The Hall–Kier alpha value is -2.06. The molecule has 0 bridgehead atoms. The SMILES string of the molecule is CCCCC[C@@](C)(OCC)C(=O)Nc1ccc(OCCC)c(C#N)c1. The molecule has 1 aromatic carbocycles. The molecule has 0 saturated heterocycles. The van der Waals surface area contributed by atoms with Gasteiger partial charge in [0.2, 0.25) is 0 Å². The third kappa shape index (κ3) is 6.39. The van der Waals surface area contributed by atoms with E-state index in [-0.39, 0.29) is 5.91 Å². The fourth-order valence-electron chi connectivity index (χ4n) is 2.58. The molecular weight excluding hydrogens is 316 g/mol. The number of nitrogens with one attached hydrogen (secondary N) is 1. The van der Waals surface area contributed by atoms with Crippen LogP contribution in [0, 0.1) is 11.3 Å². The van der Waals surface area contributed by atoms with Crippen LogP contribution in [0.5, 0.6) is 5.75 Å². The van der Waals surface area contributed by atoms with Gasteiger partial charge in [-0.2, -0.15) is 5.26 Å². The van der Waals surface area contributed by atoms with Crippen LogP contribution in [-0.4, -0.2) is 24.7 Å². The minimum Gasteiger partial charge on any atom is -0.492 e. The summed E-state index contributed by atoms with van der Waals surface area (Å²) in [6.45, 7) is 8.88. The minimum atomic E-state index is -0.867. The number of carbonyl (C=O) groups is 1. The van der Waals surface area contributed by atoms with E-state index in [1.807, 2.05) is 20.8 Å².